The number of H-pyrrole nitrogens is 1. The molecule has 1 fully saturated rings. The van der Waals surface area contributed by atoms with Gasteiger partial charge in [-0.25, -0.2) is 0 Å². The Hall–Kier alpha value is -1.07. The highest BCUT2D eigenvalue weighted by Gasteiger charge is 2.21. The fraction of sp³-hybridized carbons (Fsp3) is 0.714. The lowest BCUT2D eigenvalue weighted by Crippen LogP contribution is -2.34. The lowest BCUT2D eigenvalue weighted by Gasteiger charge is -2.21. The van der Waals surface area contributed by atoms with Crippen molar-refractivity contribution in [3.05, 3.63) is 11.8 Å². The van der Waals surface area contributed by atoms with Crippen LogP contribution in [0, 0.1) is 11.3 Å². The number of hydrogen-bond donors (Lipinski definition) is 3. The predicted octanol–water partition coefficient (Wildman–Crippen LogP) is 2.36. The van der Waals surface area contributed by atoms with Crippen LogP contribution in [0.1, 0.15) is 39.3 Å². The molecule has 1 aromatic rings. The van der Waals surface area contributed by atoms with E-state index in [4.69, 9.17) is 0 Å². The van der Waals surface area contributed by atoms with E-state index in [1.54, 1.807) is 0 Å². The molecule has 0 unspecified atom stereocenters. The first-order valence-electron chi connectivity index (χ1n) is 7.00. The van der Waals surface area contributed by atoms with E-state index in [9.17, 15) is 4.79 Å². The lowest BCUT2D eigenvalue weighted by atomic mass is 9.91. The molecule has 3 N–H and O–H groups in total. The van der Waals surface area contributed by atoms with Crippen LogP contribution in [0.15, 0.2) is 6.07 Å². The lowest BCUT2D eigenvalue weighted by molar-refractivity contribution is -0.120. The molecule has 2 rings (SSSR count). The van der Waals surface area contributed by atoms with Crippen molar-refractivity contribution in [2.45, 2.75) is 40.0 Å². The van der Waals surface area contributed by atoms with Crippen LogP contribution in [0.2, 0.25) is 0 Å². The first-order chi connectivity index (χ1) is 8.94. The van der Waals surface area contributed by atoms with Gasteiger partial charge in [-0.05, 0) is 37.8 Å². The van der Waals surface area contributed by atoms with Crippen LogP contribution < -0.4 is 10.6 Å². The molecule has 6 heteroatoms. The average Bonchev–Trinajstić information content (AvgIpc) is 2.75. The fourth-order valence-electron chi connectivity index (χ4n) is 2.40. The van der Waals surface area contributed by atoms with E-state index in [1.807, 2.05) is 6.07 Å². The number of carbonyl (C=O) groups is 1. The fourth-order valence-corrected chi connectivity index (χ4v) is 2.40. The average molecular weight is 301 g/mol. The summed E-state index contributed by atoms with van der Waals surface area (Å²) in [6, 6.07) is 1.93. The van der Waals surface area contributed by atoms with Crippen molar-refractivity contribution >= 4 is 24.1 Å². The van der Waals surface area contributed by atoms with Gasteiger partial charge in [0.05, 0.1) is 0 Å². The van der Waals surface area contributed by atoms with Crippen LogP contribution in [0.4, 0.5) is 5.82 Å². The second kappa shape index (κ2) is 7.09. The maximum absolute atomic E-state index is 12.1. The molecule has 1 amide bonds. The van der Waals surface area contributed by atoms with Crippen LogP contribution in [-0.2, 0) is 11.2 Å². The van der Waals surface area contributed by atoms with E-state index in [0.29, 0.717) is 5.82 Å². The van der Waals surface area contributed by atoms with Gasteiger partial charge in [0.1, 0.15) is 0 Å². The van der Waals surface area contributed by atoms with Gasteiger partial charge in [0.2, 0.25) is 5.91 Å². The highest BCUT2D eigenvalue weighted by molar-refractivity contribution is 5.91. The van der Waals surface area contributed by atoms with E-state index in [-0.39, 0.29) is 29.6 Å². The summed E-state index contributed by atoms with van der Waals surface area (Å²) in [4.78, 5) is 12.1. The molecule has 5 nitrogen and oxygen atoms in total. The number of aromatic nitrogens is 2. The van der Waals surface area contributed by atoms with E-state index >= 15 is 0 Å². The van der Waals surface area contributed by atoms with E-state index in [0.717, 1.165) is 38.0 Å². The van der Waals surface area contributed by atoms with Gasteiger partial charge in [-0.15, -0.1) is 12.4 Å². The minimum atomic E-state index is 0. The summed E-state index contributed by atoms with van der Waals surface area (Å²) < 4.78 is 0. The van der Waals surface area contributed by atoms with Crippen molar-refractivity contribution in [2.75, 3.05) is 18.4 Å². The molecular formula is C14H25ClN4O. The van der Waals surface area contributed by atoms with Crippen molar-refractivity contribution in [1.29, 1.82) is 0 Å². The predicted molar refractivity (Wildman–Crippen MR) is 83.2 cm³/mol. The maximum Gasteiger partial charge on any atom is 0.228 e. The van der Waals surface area contributed by atoms with Crippen molar-refractivity contribution in [3.8, 4) is 0 Å². The zero-order valence-corrected chi connectivity index (χ0v) is 13.3. The normalized spacial score (nSPS) is 16.6. The van der Waals surface area contributed by atoms with Crippen LogP contribution in [0.5, 0.6) is 0 Å². The van der Waals surface area contributed by atoms with Crippen LogP contribution in [0.3, 0.4) is 0 Å². The SMILES string of the molecule is CC(C)(C)Cc1cc(NC(=O)C2CCNCC2)n[nH]1.Cl. The molecule has 0 saturated carbocycles. The Bertz CT molecular complexity index is 433. The van der Waals surface area contributed by atoms with Gasteiger partial charge in [-0.3, -0.25) is 9.89 Å². The Morgan fingerprint density at radius 3 is 2.65 bits per heavy atom. The molecule has 0 spiro atoms. The molecule has 0 aromatic carbocycles. The Morgan fingerprint density at radius 1 is 1.40 bits per heavy atom. The third-order valence-electron chi connectivity index (χ3n) is 3.31. The third-order valence-corrected chi connectivity index (χ3v) is 3.31. The molecule has 1 saturated heterocycles. The number of anilines is 1. The van der Waals surface area contributed by atoms with Gasteiger partial charge in [0.15, 0.2) is 5.82 Å². The van der Waals surface area contributed by atoms with Crippen molar-refractivity contribution < 1.29 is 4.79 Å². The zero-order valence-electron chi connectivity index (χ0n) is 12.5. The third kappa shape index (κ3) is 5.13. The van der Waals surface area contributed by atoms with Gasteiger partial charge >= 0.3 is 0 Å². The minimum Gasteiger partial charge on any atom is -0.317 e. The van der Waals surface area contributed by atoms with Crippen molar-refractivity contribution in [2.24, 2.45) is 11.3 Å². The summed E-state index contributed by atoms with van der Waals surface area (Å²) >= 11 is 0. The number of nitrogens with one attached hydrogen (secondary N) is 3. The molecule has 0 atom stereocenters. The summed E-state index contributed by atoms with van der Waals surface area (Å²) in [5.41, 5.74) is 1.27. The number of hydrogen-bond acceptors (Lipinski definition) is 3. The number of rotatable bonds is 3. The largest absolute Gasteiger partial charge is 0.317 e. The smallest absolute Gasteiger partial charge is 0.228 e. The number of halogens is 1. The summed E-state index contributed by atoms with van der Waals surface area (Å²) in [5, 5.41) is 13.3. The molecule has 0 bridgehead atoms. The molecule has 1 aromatic heterocycles. The first kappa shape index (κ1) is 17.0. The van der Waals surface area contributed by atoms with Crippen molar-refractivity contribution in [3.63, 3.8) is 0 Å². The minimum absolute atomic E-state index is 0. The summed E-state index contributed by atoms with van der Waals surface area (Å²) in [6.07, 6.45) is 2.74. The van der Waals surface area contributed by atoms with Crippen LogP contribution >= 0.6 is 12.4 Å². The Balaban J connectivity index is 0.00000200. The highest BCUT2D eigenvalue weighted by atomic mass is 35.5. The summed E-state index contributed by atoms with van der Waals surface area (Å²) in [7, 11) is 0. The molecule has 2 heterocycles. The van der Waals surface area contributed by atoms with Gasteiger partial charge in [0, 0.05) is 17.7 Å². The Kier molecular flexibility index (Phi) is 6.02. The molecular weight excluding hydrogens is 276 g/mol. The van der Waals surface area contributed by atoms with E-state index in [1.165, 1.54) is 0 Å². The van der Waals surface area contributed by atoms with Crippen LogP contribution in [0.25, 0.3) is 0 Å². The molecule has 20 heavy (non-hydrogen) atoms. The molecule has 1 aliphatic rings. The summed E-state index contributed by atoms with van der Waals surface area (Å²) in [6.45, 7) is 8.39. The first-order valence-corrected chi connectivity index (χ1v) is 7.00. The maximum atomic E-state index is 12.1. The Morgan fingerprint density at radius 2 is 2.05 bits per heavy atom. The molecule has 0 aliphatic carbocycles. The number of carbonyl (C=O) groups excluding carboxylic acids is 1. The van der Waals surface area contributed by atoms with Gasteiger partial charge in [-0.2, -0.15) is 5.10 Å². The zero-order chi connectivity index (χ0) is 13.9. The van der Waals surface area contributed by atoms with Crippen LogP contribution in [-0.4, -0.2) is 29.2 Å². The number of nitrogens with zero attached hydrogens (tertiary/aromatic N) is 1. The number of aromatic amines is 1. The number of amides is 1. The second-order valence-corrected chi connectivity index (χ2v) is 6.53. The summed E-state index contributed by atoms with van der Waals surface area (Å²) in [5.74, 6) is 0.849. The van der Waals surface area contributed by atoms with E-state index < -0.39 is 0 Å². The Labute approximate surface area is 126 Å². The van der Waals surface area contributed by atoms with E-state index in [2.05, 4.69) is 41.6 Å². The topological polar surface area (TPSA) is 69.8 Å². The molecule has 114 valence electrons. The molecule has 0 radical (unpaired) electrons. The molecule has 1 aliphatic heterocycles. The van der Waals surface area contributed by atoms with Gasteiger partial charge in [0.25, 0.3) is 0 Å². The van der Waals surface area contributed by atoms with Gasteiger partial charge < -0.3 is 10.6 Å². The van der Waals surface area contributed by atoms with Crippen molar-refractivity contribution in [1.82, 2.24) is 15.5 Å². The second-order valence-electron chi connectivity index (χ2n) is 6.53. The van der Waals surface area contributed by atoms with Gasteiger partial charge in [-0.1, -0.05) is 20.8 Å². The quantitative estimate of drug-likeness (QED) is 0.802. The monoisotopic (exact) mass is 300 g/mol. The standard InChI is InChI=1S/C14H24N4O.ClH/c1-14(2,3)9-11-8-12(18-17-11)16-13(19)10-4-6-15-7-5-10;/h8,10,15H,4-7,9H2,1-3H3,(H2,16,17,18,19);1H. The number of piperidine rings is 1. The highest BCUT2D eigenvalue weighted by Crippen LogP contribution is 2.21.